The van der Waals surface area contributed by atoms with Crippen molar-refractivity contribution >= 4 is 23.6 Å². The number of ether oxygens (including phenoxy) is 1. The number of nitrogens with one attached hydrogen (secondary N) is 2. The molecule has 0 bridgehead atoms. The van der Waals surface area contributed by atoms with Crippen molar-refractivity contribution in [3.63, 3.8) is 0 Å². The first-order valence-electron chi connectivity index (χ1n) is 7.08. The standard InChI is InChI=1S/C18H18N2O3/c1-19-18(22)14-9-10-15(16(12-14)23-2)20-17(21)11-8-13-6-4-3-5-7-13/h3-12H,1-2H3,(H,19,22)(H,20,21)/b11-8+. The topological polar surface area (TPSA) is 67.4 Å². The molecular weight excluding hydrogens is 292 g/mol. The van der Waals surface area contributed by atoms with Crippen molar-refractivity contribution in [3.8, 4) is 5.75 Å². The molecule has 2 amide bonds. The highest BCUT2D eigenvalue weighted by Gasteiger charge is 2.10. The van der Waals surface area contributed by atoms with Gasteiger partial charge in [-0.15, -0.1) is 0 Å². The number of anilines is 1. The maximum atomic E-state index is 12.0. The van der Waals surface area contributed by atoms with Crippen LogP contribution in [0.15, 0.2) is 54.6 Å². The molecule has 0 aromatic heterocycles. The maximum absolute atomic E-state index is 12.0. The highest BCUT2D eigenvalue weighted by molar-refractivity contribution is 6.03. The van der Waals surface area contributed by atoms with Crippen molar-refractivity contribution in [2.45, 2.75) is 0 Å². The van der Waals surface area contributed by atoms with Crippen molar-refractivity contribution in [1.29, 1.82) is 0 Å². The van der Waals surface area contributed by atoms with Crippen molar-refractivity contribution in [3.05, 3.63) is 65.7 Å². The highest BCUT2D eigenvalue weighted by atomic mass is 16.5. The third kappa shape index (κ3) is 4.44. The molecule has 0 spiro atoms. The minimum absolute atomic E-state index is 0.217. The molecule has 0 atom stereocenters. The summed E-state index contributed by atoms with van der Waals surface area (Å²) in [6.45, 7) is 0. The fourth-order valence-corrected chi connectivity index (χ4v) is 1.99. The van der Waals surface area contributed by atoms with E-state index in [9.17, 15) is 9.59 Å². The van der Waals surface area contributed by atoms with Gasteiger partial charge in [0.25, 0.3) is 5.91 Å². The zero-order valence-corrected chi connectivity index (χ0v) is 13.0. The van der Waals surface area contributed by atoms with Gasteiger partial charge in [0.15, 0.2) is 0 Å². The highest BCUT2D eigenvalue weighted by Crippen LogP contribution is 2.25. The second-order valence-electron chi connectivity index (χ2n) is 4.73. The lowest BCUT2D eigenvalue weighted by molar-refractivity contribution is -0.111. The van der Waals surface area contributed by atoms with E-state index in [1.54, 1.807) is 31.3 Å². The van der Waals surface area contributed by atoms with Gasteiger partial charge in [0, 0.05) is 18.7 Å². The second-order valence-corrected chi connectivity index (χ2v) is 4.73. The zero-order valence-electron chi connectivity index (χ0n) is 13.0. The third-order valence-electron chi connectivity index (χ3n) is 3.18. The summed E-state index contributed by atoms with van der Waals surface area (Å²) < 4.78 is 5.23. The number of carbonyl (C=O) groups is 2. The first kappa shape index (κ1) is 16.3. The Hall–Kier alpha value is -3.08. The summed E-state index contributed by atoms with van der Waals surface area (Å²) in [5, 5.41) is 5.27. The summed E-state index contributed by atoms with van der Waals surface area (Å²) in [4.78, 5) is 23.6. The first-order chi connectivity index (χ1) is 11.1. The van der Waals surface area contributed by atoms with E-state index >= 15 is 0 Å². The smallest absolute Gasteiger partial charge is 0.251 e. The summed E-state index contributed by atoms with van der Waals surface area (Å²) in [5.41, 5.74) is 1.90. The lowest BCUT2D eigenvalue weighted by Gasteiger charge is -2.10. The first-order valence-corrected chi connectivity index (χ1v) is 7.08. The number of carbonyl (C=O) groups excluding carboxylic acids is 2. The van der Waals surface area contributed by atoms with Gasteiger partial charge in [0.1, 0.15) is 5.75 Å². The lowest BCUT2D eigenvalue weighted by atomic mass is 10.1. The SMILES string of the molecule is CNC(=O)c1ccc(NC(=O)/C=C/c2ccccc2)c(OC)c1. The van der Waals surface area contributed by atoms with Gasteiger partial charge < -0.3 is 15.4 Å². The molecule has 2 rings (SSSR count). The Morgan fingerprint density at radius 1 is 1.09 bits per heavy atom. The Labute approximate surface area is 135 Å². The van der Waals surface area contributed by atoms with Crippen molar-refractivity contribution in [2.75, 3.05) is 19.5 Å². The van der Waals surface area contributed by atoms with Crippen LogP contribution < -0.4 is 15.4 Å². The number of benzene rings is 2. The Morgan fingerprint density at radius 3 is 2.48 bits per heavy atom. The molecule has 5 heteroatoms. The molecule has 0 saturated carbocycles. The predicted octanol–water partition coefficient (Wildman–Crippen LogP) is 2.71. The number of methoxy groups -OCH3 is 1. The fraction of sp³-hybridized carbons (Fsp3) is 0.111. The minimum Gasteiger partial charge on any atom is -0.495 e. The molecule has 0 fully saturated rings. The number of hydrogen-bond donors (Lipinski definition) is 2. The van der Waals surface area contributed by atoms with Crippen LogP contribution in [0.5, 0.6) is 5.75 Å². The fourth-order valence-electron chi connectivity index (χ4n) is 1.99. The molecule has 0 heterocycles. The molecule has 0 saturated heterocycles. The van der Waals surface area contributed by atoms with Crippen molar-refractivity contribution < 1.29 is 14.3 Å². The van der Waals surface area contributed by atoms with Crippen LogP contribution in [-0.2, 0) is 4.79 Å². The van der Waals surface area contributed by atoms with E-state index in [1.807, 2.05) is 30.3 Å². The maximum Gasteiger partial charge on any atom is 0.251 e. The van der Waals surface area contributed by atoms with Gasteiger partial charge in [-0.3, -0.25) is 9.59 Å². The van der Waals surface area contributed by atoms with Gasteiger partial charge in [-0.25, -0.2) is 0 Å². The summed E-state index contributed by atoms with van der Waals surface area (Å²) >= 11 is 0. The summed E-state index contributed by atoms with van der Waals surface area (Å²) in [5.74, 6) is -0.0717. The zero-order chi connectivity index (χ0) is 16.7. The Bertz CT molecular complexity index is 724. The van der Waals surface area contributed by atoms with Gasteiger partial charge in [-0.05, 0) is 29.8 Å². The minimum atomic E-state index is -0.278. The molecule has 118 valence electrons. The molecular formula is C18H18N2O3. The van der Waals surface area contributed by atoms with E-state index in [-0.39, 0.29) is 11.8 Å². The van der Waals surface area contributed by atoms with Crippen LogP contribution in [0.3, 0.4) is 0 Å². The van der Waals surface area contributed by atoms with Crippen LogP contribution in [0.1, 0.15) is 15.9 Å². The van der Waals surface area contributed by atoms with Gasteiger partial charge in [-0.2, -0.15) is 0 Å². The summed E-state index contributed by atoms with van der Waals surface area (Å²) in [7, 11) is 3.04. The van der Waals surface area contributed by atoms with Crippen molar-refractivity contribution in [1.82, 2.24) is 5.32 Å². The van der Waals surface area contributed by atoms with E-state index in [0.717, 1.165) is 5.56 Å². The molecule has 0 aliphatic heterocycles. The van der Waals surface area contributed by atoms with E-state index in [1.165, 1.54) is 13.2 Å². The Kier molecular flexibility index (Phi) is 5.52. The van der Waals surface area contributed by atoms with Gasteiger partial charge in [0.2, 0.25) is 5.91 Å². The van der Waals surface area contributed by atoms with E-state index < -0.39 is 0 Å². The van der Waals surface area contributed by atoms with Crippen LogP contribution in [-0.4, -0.2) is 26.0 Å². The Morgan fingerprint density at radius 2 is 1.83 bits per heavy atom. The predicted molar refractivity (Wildman–Crippen MR) is 90.5 cm³/mol. The largest absolute Gasteiger partial charge is 0.495 e. The van der Waals surface area contributed by atoms with E-state index in [0.29, 0.717) is 17.0 Å². The van der Waals surface area contributed by atoms with Crippen LogP contribution in [0.4, 0.5) is 5.69 Å². The normalized spacial score (nSPS) is 10.3. The second kappa shape index (κ2) is 7.79. The lowest BCUT2D eigenvalue weighted by Crippen LogP contribution is -2.18. The van der Waals surface area contributed by atoms with Crippen LogP contribution in [0.2, 0.25) is 0 Å². The van der Waals surface area contributed by atoms with Crippen LogP contribution in [0, 0.1) is 0 Å². The molecule has 0 unspecified atom stereocenters. The average Bonchev–Trinajstić information content (AvgIpc) is 2.60. The van der Waals surface area contributed by atoms with Gasteiger partial charge in [0.05, 0.1) is 12.8 Å². The van der Waals surface area contributed by atoms with Crippen molar-refractivity contribution in [2.24, 2.45) is 0 Å². The Balaban J connectivity index is 2.11. The quantitative estimate of drug-likeness (QED) is 0.834. The summed E-state index contributed by atoms with van der Waals surface area (Å²) in [6.07, 6.45) is 3.17. The molecule has 5 nitrogen and oxygen atoms in total. The summed E-state index contributed by atoms with van der Waals surface area (Å²) in [6, 6.07) is 14.4. The monoisotopic (exact) mass is 310 g/mol. The number of hydrogen-bond acceptors (Lipinski definition) is 3. The number of amides is 2. The van der Waals surface area contributed by atoms with Gasteiger partial charge in [-0.1, -0.05) is 30.3 Å². The van der Waals surface area contributed by atoms with E-state index in [4.69, 9.17) is 4.74 Å². The number of rotatable bonds is 5. The van der Waals surface area contributed by atoms with E-state index in [2.05, 4.69) is 10.6 Å². The van der Waals surface area contributed by atoms with Crippen LogP contribution in [0.25, 0.3) is 6.08 Å². The molecule has 2 aromatic carbocycles. The molecule has 2 N–H and O–H groups in total. The molecule has 2 aromatic rings. The third-order valence-corrected chi connectivity index (χ3v) is 3.18. The molecule has 0 aliphatic rings. The average molecular weight is 310 g/mol. The molecule has 0 radical (unpaired) electrons. The molecule has 0 aliphatic carbocycles. The molecule has 23 heavy (non-hydrogen) atoms. The van der Waals surface area contributed by atoms with Crippen LogP contribution >= 0.6 is 0 Å². The van der Waals surface area contributed by atoms with Gasteiger partial charge >= 0.3 is 0 Å².